The van der Waals surface area contributed by atoms with Crippen LogP contribution >= 0.6 is 0 Å². The molecule has 4 nitrogen and oxygen atoms in total. The summed E-state index contributed by atoms with van der Waals surface area (Å²) in [4.78, 5) is 4.55. The molecule has 0 saturated heterocycles. The fourth-order valence-electron chi connectivity index (χ4n) is 2.41. The zero-order valence-electron chi connectivity index (χ0n) is 11.7. The predicted octanol–water partition coefficient (Wildman–Crippen LogP) is 2.53. The molecule has 3 aromatic rings. The third-order valence-corrected chi connectivity index (χ3v) is 3.49. The number of halogens is 1. The molecule has 5 heteroatoms. The first-order valence-corrected chi connectivity index (χ1v) is 6.69. The smallest absolute Gasteiger partial charge is 0.139 e. The Hall–Kier alpha value is -2.40. The first-order valence-electron chi connectivity index (χ1n) is 6.69. The highest BCUT2D eigenvalue weighted by molar-refractivity contribution is 5.44. The van der Waals surface area contributed by atoms with Gasteiger partial charge in [0.2, 0.25) is 0 Å². The van der Waals surface area contributed by atoms with Gasteiger partial charge < -0.3 is 10.5 Å². The van der Waals surface area contributed by atoms with E-state index in [1.165, 1.54) is 12.3 Å². The second kappa shape index (κ2) is 5.54. The summed E-state index contributed by atoms with van der Waals surface area (Å²) in [5.74, 6) is 0.514. The lowest BCUT2D eigenvalue weighted by atomic mass is 10.1. The van der Waals surface area contributed by atoms with Crippen molar-refractivity contribution in [1.29, 1.82) is 0 Å². The monoisotopic (exact) mass is 285 g/mol. The van der Waals surface area contributed by atoms with E-state index in [0.717, 1.165) is 22.7 Å². The zero-order chi connectivity index (χ0) is 14.8. The number of nitrogens with zero attached hydrogens (tertiary/aromatic N) is 2. The van der Waals surface area contributed by atoms with E-state index in [4.69, 9.17) is 10.5 Å². The molecule has 2 aromatic heterocycles. The van der Waals surface area contributed by atoms with Gasteiger partial charge in [0.15, 0.2) is 0 Å². The lowest BCUT2D eigenvalue weighted by Crippen LogP contribution is -2.05. The minimum absolute atomic E-state index is 0.300. The highest BCUT2D eigenvalue weighted by Gasteiger charge is 2.12. The van der Waals surface area contributed by atoms with E-state index < -0.39 is 0 Å². The standard InChI is InChI=1S/C16H16FN3O/c1-21-13-5-2-11(3-6-13)8-14-15(9-18)20-10-12(17)4-7-16(20)19-14/h2-7,10H,8-9,18H2,1H3. The Balaban J connectivity index is 1.99. The second-order valence-electron chi connectivity index (χ2n) is 4.81. The summed E-state index contributed by atoms with van der Waals surface area (Å²) in [6, 6.07) is 10.9. The van der Waals surface area contributed by atoms with Gasteiger partial charge >= 0.3 is 0 Å². The number of ether oxygens (including phenoxy) is 1. The minimum atomic E-state index is -0.300. The summed E-state index contributed by atoms with van der Waals surface area (Å²) < 4.78 is 20.2. The van der Waals surface area contributed by atoms with Crippen LogP contribution < -0.4 is 10.5 Å². The molecule has 21 heavy (non-hydrogen) atoms. The van der Waals surface area contributed by atoms with Crippen LogP contribution in [-0.4, -0.2) is 16.5 Å². The Morgan fingerprint density at radius 3 is 2.62 bits per heavy atom. The van der Waals surface area contributed by atoms with E-state index in [2.05, 4.69) is 4.98 Å². The second-order valence-corrected chi connectivity index (χ2v) is 4.81. The Labute approximate surface area is 122 Å². The number of imidazole rings is 1. The third-order valence-electron chi connectivity index (χ3n) is 3.49. The summed E-state index contributed by atoms with van der Waals surface area (Å²) in [5.41, 5.74) is 9.32. The van der Waals surface area contributed by atoms with Gasteiger partial charge in [0.25, 0.3) is 0 Å². The molecule has 0 aliphatic rings. The van der Waals surface area contributed by atoms with Crippen LogP contribution in [0, 0.1) is 5.82 Å². The summed E-state index contributed by atoms with van der Waals surface area (Å²) in [5, 5.41) is 0. The van der Waals surface area contributed by atoms with E-state index in [1.54, 1.807) is 17.6 Å². The maximum atomic E-state index is 13.4. The SMILES string of the molecule is COc1ccc(Cc2nc3ccc(F)cn3c2CN)cc1. The van der Waals surface area contributed by atoms with Crippen LogP contribution in [0.4, 0.5) is 4.39 Å². The Morgan fingerprint density at radius 1 is 1.19 bits per heavy atom. The van der Waals surface area contributed by atoms with Crippen LogP contribution in [0.5, 0.6) is 5.75 Å². The normalized spacial score (nSPS) is 11.0. The number of rotatable bonds is 4. The molecule has 0 unspecified atom stereocenters. The van der Waals surface area contributed by atoms with Crippen molar-refractivity contribution in [3.05, 3.63) is 65.4 Å². The molecule has 0 saturated carbocycles. The molecule has 0 aliphatic carbocycles. The van der Waals surface area contributed by atoms with Gasteiger partial charge in [-0.1, -0.05) is 12.1 Å². The van der Waals surface area contributed by atoms with Crippen molar-refractivity contribution in [3.63, 3.8) is 0 Å². The number of benzene rings is 1. The van der Waals surface area contributed by atoms with Crippen LogP contribution in [0.1, 0.15) is 17.0 Å². The number of methoxy groups -OCH3 is 1. The van der Waals surface area contributed by atoms with Gasteiger partial charge in [0, 0.05) is 19.2 Å². The Morgan fingerprint density at radius 2 is 1.95 bits per heavy atom. The van der Waals surface area contributed by atoms with Gasteiger partial charge in [0.1, 0.15) is 17.2 Å². The molecule has 2 N–H and O–H groups in total. The molecule has 0 bridgehead atoms. The molecular weight excluding hydrogens is 269 g/mol. The van der Waals surface area contributed by atoms with Crippen molar-refractivity contribution < 1.29 is 9.13 Å². The lowest BCUT2D eigenvalue weighted by molar-refractivity contribution is 0.414. The molecule has 0 radical (unpaired) electrons. The van der Waals surface area contributed by atoms with E-state index in [9.17, 15) is 4.39 Å². The maximum absolute atomic E-state index is 13.4. The van der Waals surface area contributed by atoms with Crippen molar-refractivity contribution in [2.24, 2.45) is 5.73 Å². The largest absolute Gasteiger partial charge is 0.497 e. The number of pyridine rings is 1. The van der Waals surface area contributed by atoms with E-state index in [0.29, 0.717) is 18.6 Å². The number of nitrogens with two attached hydrogens (primary N) is 1. The summed E-state index contributed by atoms with van der Waals surface area (Å²) in [6.45, 7) is 0.316. The number of hydrogen-bond donors (Lipinski definition) is 1. The molecule has 0 aliphatic heterocycles. The summed E-state index contributed by atoms with van der Waals surface area (Å²) >= 11 is 0. The van der Waals surface area contributed by atoms with Crippen molar-refractivity contribution in [1.82, 2.24) is 9.38 Å². The van der Waals surface area contributed by atoms with Crippen molar-refractivity contribution >= 4 is 5.65 Å². The molecule has 108 valence electrons. The third kappa shape index (κ3) is 2.60. The van der Waals surface area contributed by atoms with Crippen LogP contribution in [-0.2, 0) is 13.0 Å². The molecular formula is C16H16FN3O. The highest BCUT2D eigenvalue weighted by atomic mass is 19.1. The Kier molecular flexibility index (Phi) is 3.58. The Bertz CT molecular complexity index is 765. The van der Waals surface area contributed by atoms with Crippen molar-refractivity contribution in [2.45, 2.75) is 13.0 Å². The topological polar surface area (TPSA) is 52.5 Å². The predicted molar refractivity (Wildman–Crippen MR) is 78.8 cm³/mol. The van der Waals surface area contributed by atoms with Gasteiger partial charge in [-0.25, -0.2) is 9.37 Å². The first kappa shape index (κ1) is 13.6. The fourth-order valence-corrected chi connectivity index (χ4v) is 2.41. The maximum Gasteiger partial charge on any atom is 0.139 e. The van der Waals surface area contributed by atoms with Gasteiger partial charge in [-0.05, 0) is 29.8 Å². The van der Waals surface area contributed by atoms with Crippen LogP contribution in [0.3, 0.4) is 0 Å². The molecule has 0 spiro atoms. The molecule has 0 amide bonds. The molecule has 1 aromatic carbocycles. The van der Waals surface area contributed by atoms with Crippen LogP contribution in [0.15, 0.2) is 42.6 Å². The number of fused-ring (bicyclic) bond motifs is 1. The van der Waals surface area contributed by atoms with Crippen LogP contribution in [0.2, 0.25) is 0 Å². The molecule has 3 rings (SSSR count). The molecule has 2 heterocycles. The van der Waals surface area contributed by atoms with E-state index in [1.807, 2.05) is 24.3 Å². The quantitative estimate of drug-likeness (QED) is 0.801. The highest BCUT2D eigenvalue weighted by Crippen LogP contribution is 2.19. The number of hydrogen-bond acceptors (Lipinski definition) is 3. The van der Waals surface area contributed by atoms with Crippen molar-refractivity contribution in [3.8, 4) is 5.75 Å². The van der Waals surface area contributed by atoms with Gasteiger partial charge in [0.05, 0.1) is 18.5 Å². The molecule has 0 fully saturated rings. The number of aromatic nitrogens is 2. The minimum Gasteiger partial charge on any atom is -0.497 e. The van der Waals surface area contributed by atoms with Crippen LogP contribution in [0.25, 0.3) is 5.65 Å². The average molecular weight is 285 g/mol. The van der Waals surface area contributed by atoms with Gasteiger partial charge in [-0.15, -0.1) is 0 Å². The van der Waals surface area contributed by atoms with E-state index in [-0.39, 0.29) is 5.82 Å². The lowest BCUT2D eigenvalue weighted by Gasteiger charge is -2.04. The first-order chi connectivity index (χ1) is 10.2. The molecule has 0 atom stereocenters. The van der Waals surface area contributed by atoms with Gasteiger partial charge in [-0.2, -0.15) is 0 Å². The average Bonchev–Trinajstić information content (AvgIpc) is 2.84. The summed E-state index contributed by atoms with van der Waals surface area (Å²) in [6.07, 6.45) is 2.07. The van der Waals surface area contributed by atoms with E-state index >= 15 is 0 Å². The zero-order valence-corrected chi connectivity index (χ0v) is 11.7. The fraction of sp³-hybridized carbons (Fsp3) is 0.188. The summed E-state index contributed by atoms with van der Waals surface area (Å²) in [7, 11) is 1.64. The van der Waals surface area contributed by atoms with Crippen molar-refractivity contribution in [2.75, 3.05) is 7.11 Å². The van der Waals surface area contributed by atoms with Gasteiger partial charge in [-0.3, -0.25) is 4.40 Å².